The summed E-state index contributed by atoms with van der Waals surface area (Å²) < 4.78 is 45.5. The number of hydrogen-bond acceptors (Lipinski definition) is 6. The molecule has 16 heavy (non-hydrogen) atoms. The zero-order chi connectivity index (χ0) is 13.0. The van der Waals surface area contributed by atoms with Gasteiger partial charge in [0.25, 0.3) is 10.1 Å². The highest BCUT2D eigenvalue weighted by Crippen LogP contribution is 2.48. The van der Waals surface area contributed by atoms with Crippen molar-refractivity contribution in [1.82, 2.24) is 10.4 Å². The number of rotatable bonds is 7. The number of hydrogen-bond donors (Lipinski definition) is 3. The maximum absolute atomic E-state index is 11.3. The standard InChI is InChI=1S/C6H17N2O6PS/c1-6(16(11,12)13)15(9,10)14-7-4-5-8(2)3/h6-7H,4-5H2,1-3H3,(H,9,10)(H,11,12,13). The van der Waals surface area contributed by atoms with Crippen molar-refractivity contribution < 1.29 is 27.1 Å². The highest BCUT2D eigenvalue weighted by atomic mass is 32.2. The van der Waals surface area contributed by atoms with E-state index in [0.717, 1.165) is 6.92 Å². The van der Waals surface area contributed by atoms with E-state index >= 15 is 0 Å². The fourth-order valence-electron chi connectivity index (χ4n) is 0.650. The monoisotopic (exact) mass is 276 g/mol. The SMILES string of the molecule is CC(P(=O)(O)ONCCN(C)C)S(=O)(=O)O. The lowest BCUT2D eigenvalue weighted by Crippen LogP contribution is -2.28. The molecule has 0 amide bonds. The summed E-state index contributed by atoms with van der Waals surface area (Å²) in [4.78, 5) is 9.12. The number of hydroxylamine groups is 1. The molecule has 98 valence electrons. The first-order chi connectivity index (χ1) is 7.07. The summed E-state index contributed by atoms with van der Waals surface area (Å²) in [5.41, 5.74) is 2.18. The van der Waals surface area contributed by atoms with Crippen LogP contribution in [0.2, 0.25) is 0 Å². The molecular formula is C6H17N2O6PS. The maximum Gasteiger partial charge on any atom is 0.364 e. The Morgan fingerprint density at radius 3 is 2.38 bits per heavy atom. The molecule has 0 fully saturated rings. The van der Waals surface area contributed by atoms with Gasteiger partial charge in [-0.25, -0.2) is 4.62 Å². The first-order valence-electron chi connectivity index (χ1n) is 4.42. The molecule has 0 heterocycles. The van der Waals surface area contributed by atoms with Gasteiger partial charge in [0.2, 0.25) is 0 Å². The molecule has 0 rings (SSSR count). The van der Waals surface area contributed by atoms with Gasteiger partial charge in [0, 0.05) is 13.1 Å². The zero-order valence-corrected chi connectivity index (χ0v) is 11.0. The Hall–Kier alpha value is -0.0200. The van der Waals surface area contributed by atoms with Crippen LogP contribution in [0.3, 0.4) is 0 Å². The second-order valence-corrected chi connectivity index (χ2v) is 7.64. The van der Waals surface area contributed by atoms with Crippen LogP contribution in [0.15, 0.2) is 0 Å². The van der Waals surface area contributed by atoms with Crippen molar-refractivity contribution in [1.29, 1.82) is 0 Å². The van der Waals surface area contributed by atoms with Gasteiger partial charge in [-0.15, -0.1) is 0 Å². The van der Waals surface area contributed by atoms with Crippen molar-refractivity contribution in [3.05, 3.63) is 0 Å². The van der Waals surface area contributed by atoms with Gasteiger partial charge >= 0.3 is 7.60 Å². The van der Waals surface area contributed by atoms with Gasteiger partial charge in [-0.05, 0) is 21.0 Å². The molecule has 0 radical (unpaired) electrons. The summed E-state index contributed by atoms with van der Waals surface area (Å²) in [5.74, 6) is 0. The lowest BCUT2D eigenvalue weighted by Gasteiger charge is -2.17. The van der Waals surface area contributed by atoms with E-state index < -0.39 is 22.7 Å². The second-order valence-electron chi connectivity index (χ2n) is 3.47. The Balaban J connectivity index is 4.21. The Bertz CT molecular complexity index is 356. The van der Waals surface area contributed by atoms with Gasteiger partial charge in [0.05, 0.1) is 0 Å². The van der Waals surface area contributed by atoms with E-state index in [1.54, 1.807) is 19.0 Å². The Morgan fingerprint density at radius 1 is 1.50 bits per heavy atom. The summed E-state index contributed by atoms with van der Waals surface area (Å²) in [5, 5.41) is 0. The smallest absolute Gasteiger partial charge is 0.322 e. The Labute approximate surface area is 94.8 Å². The fourth-order valence-corrected chi connectivity index (χ4v) is 2.55. The third kappa shape index (κ3) is 5.90. The summed E-state index contributed by atoms with van der Waals surface area (Å²) in [7, 11) is -5.45. The lowest BCUT2D eigenvalue weighted by atomic mass is 10.6. The minimum atomic E-state index is -4.60. The average molecular weight is 276 g/mol. The largest absolute Gasteiger partial charge is 0.364 e. The predicted octanol–water partition coefficient (Wildman–Crippen LogP) is -0.512. The van der Waals surface area contributed by atoms with E-state index in [1.165, 1.54) is 0 Å². The topological polar surface area (TPSA) is 116 Å². The Kier molecular flexibility index (Phi) is 6.05. The normalized spacial score (nSPS) is 18.4. The van der Waals surface area contributed by atoms with Gasteiger partial charge in [-0.1, -0.05) is 0 Å². The first kappa shape index (κ1) is 16.0. The molecule has 3 N–H and O–H groups in total. The van der Waals surface area contributed by atoms with Gasteiger partial charge in [0.1, 0.15) is 0 Å². The number of likely N-dealkylation sites (N-methyl/N-ethyl adjacent to an activating group) is 1. The van der Waals surface area contributed by atoms with Crippen LogP contribution in [-0.2, 0) is 19.3 Å². The van der Waals surface area contributed by atoms with E-state index in [1.807, 2.05) is 0 Å². The molecule has 2 atom stereocenters. The third-order valence-corrected chi connectivity index (χ3v) is 5.52. The van der Waals surface area contributed by atoms with Crippen LogP contribution in [0.25, 0.3) is 0 Å². The molecule has 0 spiro atoms. The van der Waals surface area contributed by atoms with Crippen LogP contribution in [-0.4, -0.2) is 54.9 Å². The molecule has 0 aliphatic carbocycles. The van der Waals surface area contributed by atoms with Crippen LogP contribution >= 0.6 is 7.60 Å². The van der Waals surface area contributed by atoms with E-state index in [-0.39, 0.29) is 6.54 Å². The van der Waals surface area contributed by atoms with Gasteiger partial charge in [-0.2, -0.15) is 13.9 Å². The fraction of sp³-hybridized carbons (Fsp3) is 1.00. The van der Waals surface area contributed by atoms with Crippen LogP contribution in [0, 0.1) is 0 Å². The van der Waals surface area contributed by atoms with Gasteiger partial charge in [-0.3, -0.25) is 9.12 Å². The second kappa shape index (κ2) is 6.06. The van der Waals surface area contributed by atoms with Crippen molar-refractivity contribution in [2.24, 2.45) is 0 Å². The van der Waals surface area contributed by atoms with E-state index in [0.29, 0.717) is 6.54 Å². The molecule has 0 aromatic rings. The molecule has 0 saturated heterocycles. The Morgan fingerprint density at radius 2 is 2.00 bits per heavy atom. The number of nitrogens with zero attached hydrogens (tertiary/aromatic N) is 1. The maximum atomic E-state index is 11.3. The van der Waals surface area contributed by atoms with Gasteiger partial charge < -0.3 is 9.79 Å². The first-order valence-corrected chi connectivity index (χ1v) is 7.57. The molecular weight excluding hydrogens is 259 g/mol. The van der Waals surface area contributed by atoms with Crippen molar-refractivity contribution >= 4 is 17.7 Å². The number of nitrogens with one attached hydrogen (secondary N) is 1. The summed E-state index contributed by atoms with van der Waals surface area (Å²) in [6, 6.07) is 0. The lowest BCUT2D eigenvalue weighted by molar-refractivity contribution is 0.157. The molecule has 0 aromatic heterocycles. The quantitative estimate of drug-likeness (QED) is 0.246. The predicted molar refractivity (Wildman–Crippen MR) is 58.5 cm³/mol. The van der Waals surface area contributed by atoms with Crippen LogP contribution in [0.5, 0.6) is 0 Å². The van der Waals surface area contributed by atoms with Crippen LogP contribution in [0.1, 0.15) is 6.92 Å². The zero-order valence-electron chi connectivity index (χ0n) is 9.32. The minimum Gasteiger partial charge on any atom is -0.322 e. The third-order valence-electron chi connectivity index (χ3n) is 1.75. The van der Waals surface area contributed by atoms with E-state index in [2.05, 4.69) is 10.1 Å². The van der Waals surface area contributed by atoms with Crippen molar-refractivity contribution in [3.63, 3.8) is 0 Å². The highest BCUT2D eigenvalue weighted by Gasteiger charge is 2.38. The molecule has 0 aromatic carbocycles. The molecule has 0 saturated carbocycles. The van der Waals surface area contributed by atoms with Crippen molar-refractivity contribution in [3.8, 4) is 0 Å². The van der Waals surface area contributed by atoms with Crippen molar-refractivity contribution in [2.45, 2.75) is 11.9 Å². The van der Waals surface area contributed by atoms with Gasteiger partial charge in [0.15, 0.2) is 4.99 Å². The van der Waals surface area contributed by atoms with Crippen LogP contribution < -0.4 is 5.48 Å². The molecule has 0 aliphatic heterocycles. The minimum absolute atomic E-state index is 0.246. The highest BCUT2D eigenvalue weighted by molar-refractivity contribution is 7.93. The summed E-state index contributed by atoms with van der Waals surface area (Å²) >= 11 is 0. The average Bonchev–Trinajstić information content (AvgIpc) is 2.09. The van der Waals surface area contributed by atoms with E-state index in [9.17, 15) is 17.9 Å². The summed E-state index contributed by atoms with van der Waals surface area (Å²) in [6.07, 6.45) is 0. The van der Waals surface area contributed by atoms with E-state index in [4.69, 9.17) is 4.55 Å². The van der Waals surface area contributed by atoms with Crippen LogP contribution in [0.4, 0.5) is 0 Å². The molecule has 2 unspecified atom stereocenters. The molecule has 8 nitrogen and oxygen atoms in total. The molecule has 0 bridgehead atoms. The van der Waals surface area contributed by atoms with Crippen molar-refractivity contribution in [2.75, 3.05) is 27.2 Å². The molecule has 0 aliphatic rings. The summed E-state index contributed by atoms with van der Waals surface area (Å²) in [6.45, 7) is 1.68. The molecule has 10 heteroatoms.